The summed E-state index contributed by atoms with van der Waals surface area (Å²) in [6.07, 6.45) is 1.82. The molecule has 4 rings (SSSR count). The van der Waals surface area contributed by atoms with Gasteiger partial charge in [-0.3, -0.25) is 9.59 Å². The van der Waals surface area contributed by atoms with E-state index in [1.165, 1.54) is 0 Å². The lowest BCUT2D eigenvalue weighted by molar-refractivity contribution is -0.117. The molecule has 7 heteroatoms. The third-order valence-corrected chi connectivity index (χ3v) is 7.16. The van der Waals surface area contributed by atoms with Gasteiger partial charge >= 0.3 is 0 Å². The van der Waals surface area contributed by atoms with Gasteiger partial charge in [0.05, 0.1) is 19.3 Å². The second kappa shape index (κ2) is 14.1. The molecule has 2 amide bonds. The number of anilines is 1. The minimum atomic E-state index is -0.826. The van der Waals surface area contributed by atoms with Gasteiger partial charge in [-0.25, -0.2) is 0 Å². The van der Waals surface area contributed by atoms with Crippen molar-refractivity contribution in [1.29, 1.82) is 0 Å². The van der Waals surface area contributed by atoms with Crippen molar-refractivity contribution in [2.24, 2.45) is 5.92 Å². The van der Waals surface area contributed by atoms with Gasteiger partial charge in [0.25, 0.3) is 5.91 Å². The molecule has 0 aliphatic carbocycles. The van der Waals surface area contributed by atoms with Crippen LogP contribution in [0.1, 0.15) is 53.7 Å². The number of rotatable bonds is 13. The van der Waals surface area contributed by atoms with E-state index in [0.29, 0.717) is 44.0 Å². The van der Waals surface area contributed by atoms with E-state index >= 15 is 0 Å². The standard InChI is InChI=1S/C33H41N3O4/c1-23(2)15-26-16-27(20-28(17-26)36-14-8-13-32(36)38)33(39)35-30(19-24-9-5-4-6-10-24)31(37)22-34-21-25-11-7-12-29(18-25)40-3/h4-7,9-12,16-18,20,23,30-31,34,37H,8,13-15,19,21-22H2,1-3H3,(H,35,39). The number of nitrogens with zero attached hydrogens (tertiary/aromatic N) is 1. The Morgan fingerprint density at radius 1 is 0.975 bits per heavy atom. The third-order valence-electron chi connectivity index (χ3n) is 7.16. The van der Waals surface area contributed by atoms with Crippen LogP contribution in [0.5, 0.6) is 5.75 Å². The number of methoxy groups -OCH3 is 1. The number of carbonyl (C=O) groups excluding carboxylic acids is 2. The Labute approximate surface area is 237 Å². The molecule has 0 spiro atoms. The van der Waals surface area contributed by atoms with E-state index in [4.69, 9.17) is 4.74 Å². The second-order valence-corrected chi connectivity index (χ2v) is 11.0. The predicted molar refractivity (Wildman–Crippen MR) is 159 cm³/mol. The Hall–Kier alpha value is -3.68. The Morgan fingerprint density at radius 3 is 2.45 bits per heavy atom. The molecule has 1 aliphatic heterocycles. The van der Waals surface area contributed by atoms with E-state index in [1.54, 1.807) is 18.1 Å². The summed E-state index contributed by atoms with van der Waals surface area (Å²) in [6.45, 7) is 5.80. The maximum absolute atomic E-state index is 13.6. The molecule has 212 valence electrons. The molecule has 0 aromatic heterocycles. The minimum Gasteiger partial charge on any atom is -0.497 e. The summed E-state index contributed by atoms with van der Waals surface area (Å²) in [4.78, 5) is 27.9. The first-order chi connectivity index (χ1) is 19.3. The maximum Gasteiger partial charge on any atom is 0.251 e. The Balaban J connectivity index is 1.51. The number of aliphatic hydroxyl groups is 1. The second-order valence-electron chi connectivity index (χ2n) is 11.0. The number of ether oxygens (including phenoxy) is 1. The van der Waals surface area contributed by atoms with Crippen LogP contribution in [0.2, 0.25) is 0 Å². The lowest BCUT2D eigenvalue weighted by Crippen LogP contribution is -2.48. The van der Waals surface area contributed by atoms with Crippen molar-refractivity contribution in [3.8, 4) is 5.75 Å². The number of benzene rings is 3. The molecule has 1 fully saturated rings. The Morgan fingerprint density at radius 2 is 1.75 bits per heavy atom. The lowest BCUT2D eigenvalue weighted by atomic mass is 9.98. The fraction of sp³-hybridized carbons (Fsp3) is 0.394. The summed E-state index contributed by atoms with van der Waals surface area (Å²) < 4.78 is 5.30. The molecule has 0 radical (unpaired) electrons. The van der Waals surface area contributed by atoms with Crippen molar-refractivity contribution in [2.45, 2.75) is 58.2 Å². The zero-order valence-corrected chi connectivity index (χ0v) is 23.7. The first-order valence-electron chi connectivity index (χ1n) is 14.1. The van der Waals surface area contributed by atoms with Gasteiger partial charge in [-0.15, -0.1) is 0 Å². The predicted octanol–water partition coefficient (Wildman–Crippen LogP) is 4.51. The highest BCUT2D eigenvalue weighted by Gasteiger charge is 2.26. The summed E-state index contributed by atoms with van der Waals surface area (Å²) in [5, 5.41) is 17.6. The lowest BCUT2D eigenvalue weighted by Gasteiger charge is -2.26. The molecule has 1 aliphatic rings. The highest BCUT2D eigenvalue weighted by atomic mass is 16.5. The van der Waals surface area contributed by atoms with E-state index < -0.39 is 12.1 Å². The largest absolute Gasteiger partial charge is 0.497 e. The third kappa shape index (κ3) is 8.16. The van der Waals surface area contributed by atoms with Gasteiger partial charge in [0.1, 0.15) is 5.75 Å². The van der Waals surface area contributed by atoms with E-state index in [0.717, 1.165) is 41.0 Å². The van der Waals surface area contributed by atoms with Crippen LogP contribution in [0.25, 0.3) is 0 Å². The summed E-state index contributed by atoms with van der Waals surface area (Å²) in [6, 6.07) is 22.8. The van der Waals surface area contributed by atoms with Gasteiger partial charge in [-0.05, 0) is 72.2 Å². The van der Waals surface area contributed by atoms with E-state index in [9.17, 15) is 14.7 Å². The van der Waals surface area contributed by atoms with Crippen LogP contribution < -0.4 is 20.3 Å². The Kier molecular flexibility index (Phi) is 10.3. The van der Waals surface area contributed by atoms with Crippen molar-refractivity contribution >= 4 is 17.5 Å². The van der Waals surface area contributed by atoms with Crippen molar-refractivity contribution < 1.29 is 19.4 Å². The number of nitrogens with one attached hydrogen (secondary N) is 2. The molecule has 1 heterocycles. The van der Waals surface area contributed by atoms with Crippen molar-refractivity contribution in [3.63, 3.8) is 0 Å². The fourth-order valence-electron chi connectivity index (χ4n) is 5.16. The quantitative estimate of drug-likeness (QED) is 0.295. The topological polar surface area (TPSA) is 90.9 Å². The molecule has 7 nitrogen and oxygen atoms in total. The molecule has 3 aromatic carbocycles. The molecule has 3 N–H and O–H groups in total. The average Bonchev–Trinajstić information content (AvgIpc) is 3.38. The number of hydrogen-bond donors (Lipinski definition) is 3. The highest BCUT2D eigenvalue weighted by molar-refractivity contribution is 5.99. The monoisotopic (exact) mass is 543 g/mol. The van der Waals surface area contributed by atoms with Gasteiger partial charge < -0.3 is 25.4 Å². The van der Waals surface area contributed by atoms with E-state index in [2.05, 4.69) is 24.5 Å². The zero-order chi connectivity index (χ0) is 28.5. The van der Waals surface area contributed by atoms with Crippen LogP contribution >= 0.6 is 0 Å². The zero-order valence-electron chi connectivity index (χ0n) is 23.7. The first kappa shape index (κ1) is 29.3. The molecule has 40 heavy (non-hydrogen) atoms. The SMILES string of the molecule is COc1cccc(CNCC(O)C(Cc2ccccc2)NC(=O)c2cc(CC(C)C)cc(N3CCCC3=O)c2)c1. The summed E-state index contributed by atoms with van der Waals surface area (Å²) >= 11 is 0. The highest BCUT2D eigenvalue weighted by Crippen LogP contribution is 2.26. The van der Waals surface area contributed by atoms with Crippen LogP contribution in [0.15, 0.2) is 72.8 Å². The molecule has 2 unspecified atom stereocenters. The van der Waals surface area contributed by atoms with Gasteiger partial charge in [0.2, 0.25) is 5.91 Å². The van der Waals surface area contributed by atoms with Crippen LogP contribution in [-0.2, 0) is 24.2 Å². The van der Waals surface area contributed by atoms with Gasteiger partial charge in [-0.2, -0.15) is 0 Å². The Bertz CT molecular complexity index is 1280. The van der Waals surface area contributed by atoms with Crippen LogP contribution in [0.3, 0.4) is 0 Å². The smallest absolute Gasteiger partial charge is 0.251 e. The molecule has 1 saturated heterocycles. The number of aliphatic hydroxyl groups excluding tert-OH is 1. The summed E-state index contributed by atoms with van der Waals surface area (Å²) in [5.74, 6) is 1.02. The molecule has 0 saturated carbocycles. The van der Waals surface area contributed by atoms with Crippen LogP contribution in [0, 0.1) is 5.92 Å². The van der Waals surface area contributed by atoms with Gasteiger partial charge in [0.15, 0.2) is 0 Å². The normalized spacial score (nSPS) is 14.8. The number of carbonyl (C=O) groups is 2. The van der Waals surface area contributed by atoms with Crippen LogP contribution in [0.4, 0.5) is 5.69 Å². The van der Waals surface area contributed by atoms with E-state index in [1.807, 2.05) is 66.7 Å². The van der Waals surface area contributed by atoms with Crippen molar-refractivity contribution in [1.82, 2.24) is 10.6 Å². The van der Waals surface area contributed by atoms with Crippen molar-refractivity contribution in [2.75, 3.05) is 25.1 Å². The molecule has 3 aromatic rings. The molecule has 2 atom stereocenters. The first-order valence-corrected chi connectivity index (χ1v) is 14.1. The number of hydrogen-bond acceptors (Lipinski definition) is 5. The fourth-order valence-corrected chi connectivity index (χ4v) is 5.16. The average molecular weight is 544 g/mol. The maximum atomic E-state index is 13.6. The van der Waals surface area contributed by atoms with Gasteiger partial charge in [0, 0.05) is 37.3 Å². The van der Waals surface area contributed by atoms with Gasteiger partial charge in [-0.1, -0.05) is 56.3 Å². The summed E-state index contributed by atoms with van der Waals surface area (Å²) in [5.41, 5.74) is 4.36. The minimum absolute atomic E-state index is 0.0903. The van der Waals surface area contributed by atoms with E-state index in [-0.39, 0.29) is 11.8 Å². The summed E-state index contributed by atoms with van der Waals surface area (Å²) in [7, 11) is 1.64. The van der Waals surface area contributed by atoms with Crippen molar-refractivity contribution in [3.05, 3.63) is 95.1 Å². The molecule has 0 bridgehead atoms. The molecular formula is C33H41N3O4. The molecular weight excluding hydrogens is 502 g/mol. The van der Waals surface area contributed by atoms with Crippen LogP contribution in [-0.4, -0.2) is 49.3 Å². The number of amides is 2.